The minimum atomic E-state index is -4.32. The normalized spacial score (nSPS) is 17.6. The van der Waals surface area contributed by atoms with Crippen molar-refractivity contribution in [3.8, 4) is 0 Å². The van der Waals surface area contributed by atoms with E-state index < -0.39 is 11.7 Å². The number of hydrogen-bond donors (Lipinski definition) is 2. The van der Waals surface area contributed by atoms with Gasteiger partial charge in [-0.1, -0.05) is 13.0 Å². The van der Waals surface area contributed by atoms with Gasteiger partial charge in [-0.3, -0.25) is 4.79 Å². The first-order chi connectivity index (χ1) is 11.3. The summed E-state index contributed by atoms with van der Waals surface area (Å²) in [5.41, 5.74) is -0.0333. The van der Waals surface area contributed by atoms with Crippen molar-refractivity contribution >= 4 is 11.6 Å². The first kappa shape index (κ1) is 18.6. The Morgan fingerprint density at radius 3 is 2.58 bits per heavy atom. The summed E-state index contributed by atoms with van der Waals surface area (Å²) in [6.07, 6.45) is -3.42. The van der Waals surface area contributed by atoms with Crippen LogP contribution in [-0.2, 0) is 11.0 Å². The molecule has 134 valence electrons. The molecule has 0 aromatic heterocycles. The van der Waals surface area contributed by atoms with Crippen molar-refractivity contribution < 1.29 is 22.9 Å². The maximum atomic E-state index is 12.8. The number of piperazine rings is 1. The summed E-state index contributed by atoms with van der Waals surface area (Å²) in [5, 5.41) is 2.90. The molecule has 24 heavy (non-hydrogen) atoms. The molecule has 1 fully saturated rings. The van der Waals surface area contributed by atoms with Gasteiger partial charge in [0.25, 0.3) is 5.91 Å². The number of carbonyl (C=O) groups excluding carboxylic acids is 1. The quantitative estimate of drug-likeness (QED) is 0.846. The lowest BCUT2D eigenvalue weighted by atomic mass is 10.1. The number of rotatable bonds is 5. The van der Waals surface area contributed by atoms with Gasteiger partial charge in [-0.15, -0.1) is 0 Å². The molecule has 2 rings (SSSR count). The first-order valence-electron chi connectivity index (χ1n) is 8.37. The zero-order valence-electron chi connectivity index (χ0n) is 14.1. The molecule has 1 heterocycles. The Morgan fingerprint density at radius 2 is 2.00 bits per heavy atom. The molecule has 0 saturated carbocycles. The van der Waals surface area contributed by atoms with Crippen molar-refractivity contribution in [3.05, 3.63) is 29.8 Å². The second-order valence-corrected chi connectivity index (χ2v) is 6.21. The minimum Gasteiger partial charge on any atom is -0.360 e. The highest BCUT2D eigenvalue weighted by Crippen LogP contribution is 2.31. The number of quaternary nitrogens is 1. The van der Waals surface area contributed by atoms with Crippen LogP contribution in [0.5, 0.6) is 0 Å². The number of halogens is 3. The van der Waals surface area contributed by atoms with E-state index in [2.05, 4.69) is 5.32 Å². The van der Waals surface area contributed by atoms with Gasteiger partial charge in [0, 0.05) is 12.2 Å². The Labute approximate surface area is 140 Å². The fourth-order valence-electron chi connectivity index (χ4n) is 2.95. The average molecular weight is 344 g/mol. The van der Waals surface area contributed by atoms with Crippen LogP contribution in [0.1, 0.15) is 25.8 Å². The topological polar surface area (TPSA) is 36.8 Å². The number of nitrogens with one attached hydrogen (secondary N) is 2. The number of nitrogens with zero attached hydrogens (tertiary/aromatic N) is 1. The summed E-state index contributed by atoms with van der Waals surface area (Å²) in [6, 6.07) is 5.30. The van der Waals surface area contributed by atoms with E-state index in [1.807, 2.05) is 18.7 Å². The van der Waals surface area contributed by atoms with Crippen molar-refractivity contribution in [2.45, 2.75) is 32.5 Å². The monoisotopic (exact) mass is 344 g/mol. The maximum absolute atomic E-state index is 12.8. The fourth-order valence-corrected chi connectivity index (χ4v) is 2.95. The van der Waals surface area contributed by atoms with E-state index in [0.717, 1.165) is 25.6 Å². The lowest BCUT2D eigenvalue weighted by molar-refractivity contribution is -0.914. The standard InChI is InChI=1S/C17H24F3N3O/c1-3-7-21-16(24)13(2)22-8-10-23(11-9-22)15-6-4-5-14(12-15)17(18,19)20/h4-6,12-13H,3,7-11H2,1-2H3,(H,21,24)/p+1/t13-/m1/s1. The van der Waals surface area contributed by atoms with Crippen molar-refractivity contribution in [2.24, 2.45) is 0 Å². The molecule has 1 aromatic carbocycles. The van der Waals surface area contributed by atoms with Crippen LogP contribution < -0.4 is 15.1 Å². The summed E-state index contributed by atoms with van der Waals surface area (Å²) >= 11 is 0. The van der Waals surface area contributed by atoms with E-state index in [1.165, 1.54) is 17.0 Å². The van der Waals surface area contributed by atoms with Crippen LogP contribution in [0.3, 0.4) is 0 Å². The van der Waals surface area contributed by atoms with Gasteiger partial charge in [0.1, 0.15) is 0 Å². The zero-order valence-corrected chi connectivity index (χ0v) is 14.1. The molecule has 0 radical (unpaired) electrons. The van der Waals surface area contributed by atoms with Gasteiger partial charge in [0.15, 0.2) is 6.04 Å². The van der Waals surface area contributed by atoms with Crippen LogP contribution in [0, 0.1) is 0 Å². The Hall–Kier alpha value is -1.76. The number of hydrogen-bond acceptors (Lipinski definition) is 2. The second-order valence-electron chi connectivity index (χ2n) is 6.21. The van der Waals surface area contributed by atoms with Gasteiger partial charge >= 0.3 is 6.18 Å². The molecule has 0 spiro atoms. The molecule has 1 aliphatic heterocycles. The Balaban J connectivity index is 1.94. The molecule has 1 aromatic rings. The molecule has 1 atom stereocenters. The molecule has 1 amide bonds. The van der Waals surface area contributed by atoms with E-state index in [9.17, 15) is 18.0 Å². The van der Waals surface area contributed by atoms with Crippen LogP contribution in [-0.4, -0.2) is 44.7 Å². The third kappa shape index (κ3) is 4.63. The summed E-state index contributed by atoms with van der Waals surface area (Å²) in [7, 11) is 0. The average Bonchev–Trinajstić information content (AvgIpc) is 2.58. The highest BCUT2D eigenvalue weighted by Gasteiger charge is 2.32. The second kappa shape index (κ2) is 7.88. The summed E-state index contributed by atoms with van der Waals surface area (Å²) < 4.78 is 38.5. The molecular formula is C17H25F3N3O+. The Kier molecular flexibility index (Phi) is 6.10. The van der Waals surface area contributed by atoms with Crippen LogP contribution in [0.25, 0.3) is 0 Å². The molecule has 7 heteroatoms. The Bertz CT molecular complexity index is 554. The van der Waals surface area contributed by atoms with Crippen molar-refractivity contribution in [3.63, 3.8) is 0 Å². The van der Waals surface area contributed by atoms with E-state index in [1.54, 1.807) is 6.07 Å². The predicted molar refractivity (Wildman–Crippen MR) is 87.1 cm³/mol. The Morgan fingerprint density at radius 1 is 1.33 bits per heavy atom. The number of amides is 1. The van der Waals surface area contributed by atoms with Crippen LogP contribution in [0.2, 0.25) is 0 Å². The van der Waals surface area contributed by atoms with Gasteiger partial charge in [-0.2, -0.15) is 13.2 Å². The largest absolute Gasteiger partial charge is 0.416 e. The highest BCUT2D eigenvalue weighted by atomic mass is 19.4. The molecule has 4 nitrogen and oxygen atoms in total. The maximum Gasteiger partial charge on any atom is 0.416 e. The minimum absolute atomic E-state index is 0.0411. The van der Waals surface area contributed by atoms with Gasteiger partial charge in [0.05, 0.1) is 31.7 Å². The predicted octanol–water partition coefficient (Wildman–Crippen LogP) is 1.33. The molecule has 1 saturated heterocycles. The lowest BCUT2D eigenvalue weighted by Crippen LogP contribution is -3.19. The third-order valence-corrected chi connectivity index (χ3v) is 4.50. The highest BCUT2D eigenvalue weighted by molar-refractivity contribution is 5.79. The molecular weight excluding hydrogens is 319 g/mol. The third-order valence-electron chi connectivity index (χ3n) is 4.50. The molecule has 0 unspecified atom stereocenters. The van der Waals surface area contributed by atoms with Gasteiger partial charge in [-0.25, -0.2) is 0 Å². The van der Waals surface area contributed by atoms with E-state index in [0.29, 0.717) is 25.3 Å². The molecule has 0 bridgehead atoms. The number of carbonyl (C=O) groups is 1. The SMILES string of the molecule is CCCNC(=O)[C@@H](C)[NH+]1CCN(c2cccc(C(F)(F)F)c2)CC1. The van der Waals surface area contributed by atoms with Crippen LogP contribution in [0.4, 0.5) is 18.9 Å². The van der Waals surface area contributed by atoms with Gasteiger partial charge in [-0.05, 0) is 31.5 Å². The van der Waals surface area contributed by atoms with E-state index >= 15 is 0 Å². The number of benzene rings is 1. The number of anilines is 1. The van der Waals surface area contributed by atoms with Gasteiger partial charge < -0.3 is 15.1 Å². The fraction of sp³-hybridized carbons (Fsp3) is 0.588. The van der Waals surface area contributed by atoms with Crippen molar-refractivity contribution in [2.75, 3.05) is 37.6 Å². The smallest absolute Gasteiger partial charge is 0.360 e. The van der Waals surface area contributed by atoms with E-state index in [4.69, 9.17) is 0 Å². The molecule has 1 aliphatic rings. The van der Waals surface area contributed by atoms with E-state index in [-0.39, 0.29) is 11.9 Å². The first-order valence-corrected chi connectivity index (χ1v) is 8.37. The summed E-state index contributed by atoms with van der Waals surface area (Å²) in [5.74, 6) is 0.0411. The van der Waals surface area contributed by atoms with Crippen LogP contribution in [0.15, 0.2) is 24.3 Å². The van der Waals surface area contributed by atoms with Crippen molar-refractivity contribution in [1.29, 1.82) is 0 Å². The van der Waals surface area contributed by atoms with Crippen LogP contribution >= 0.6 is 0 Å². The zero-order chi connectivity index (χ0) is 17.7. The summed E-state index contributed by atoms with van der Waals surface area (Å²) in [4.78, 5) is 15.2. The van der Waals surface area contributed by atoms with Crippen molar-refractivity contribution in [1.82, 2.24) is 5.32 Å². The molecule has 0 aliphatic carbocycles. The lowest BCUT2D eigenvalue weighted by Gasteiger charge is -2.36. The number of alkyl halides is 3. The molecule has 2 N–H and O–H groups in total. The van der Waals surface area contributed by atoms with Gasteiger partial charge in [0.2, 0.25) is 0 Å². The summed E-state index contributed by atoms with van der Waals surface area (Å²) in [6.45, 7) is 7.33.